The van der Waals surface area contributed by atoms with Gasteiger partial charge in [-0.15, -0.1) is 0 Å². The van der Waals surface area contributed by atoms with Crippen molar-refractivity contribution in [3.05, 3.63) is 30.2 Å². The van der Waals surface area contributed by atoms with Crippen molar-refractivity contribution in [2.24, 2.45) is 0 Å². The normalized spacial score (nSPS) is 12.6. The first kappa shape index (κ1) is 10.6. The zero-order chi connectivity index (χ0) is 11.5. The molecular formula is C11H13N3O2. The lowest BCUT2D eigenvalue weighted by molar-refractivity contribution is 0.0886. The van der Waals surface area contributed by atoms with E-state index in [0.717, 1.165) is 5.56 Å². The number of rotatable bonds is 3. The molecule has 0 spiro atoms. The van der Waals surface area contributed by atoms with Crippen LogP contribution in [0.15, 0.2) is 28.8 Å². The van der Waals surface area contributed by atoms with E-state index in [-0.39, 0.29) is 6.10 Å². The smallest absolute Gasteiger partial charge is 0.255 e. The van der Waals surface area contributed by atoms with E-state index in [4.69, 9.17) is 15.0 Å². The van der Waals surface area contributed by atoms with Crippen LogP contribution in [-0.4, -0.2) is 17.3 Å². The SMILES string of the molecule is COC(C)c1nc(-c2cccc(N)c2)no1. The molecule has 0 bridgehead atoms. The van der Waals surface area contributed by atoms with Crippen LogP contribution in [-0.2, 0) is 4.74 Å². The molecule has 0 saturated carbocycles. The largest absolute Gasteiger partial charge is 0.399 e. The number of ether oxygens (including phenoxy) is 1. The molecule has 0 saturated heterocycles. The first-order chi connectivity index (χ1) is 7.70. The highest BCUT2D eigenvalue weighted by molar-refractivity contribution is 5.60. The molecule has 1 aromatic carbocycles. The topological polar surface area (TPSA) is 74.2 Å². The van der Waals surface area contributed by atoms with Gasteiger partial charge in [0.15, 0.2) is 0 Å². The van der Waals surface area contributed by atoms with Gasteiger partial charge in [-0.05, 0) is 19.1 Å². The van der Waals surface area contributed by atoms with E-state index in [1.54, 1.807) is 13.2 Å². The molecule has 0 aliphatic carbocycles. The van der Waals surface area contributed by atoms with Gasteiger partial charge in [-0.25, -0.2) is 0 Å². The van der Waals surface area contributed by atoms with Crippen molar-refractivity contribution in [3.63, 3.8) is 0 Å². The number of methoxy groups -OCH3 is 1. The molecule has 0 radical (unpaired) electrons. The predicted octanol–water partition coefficient (Wildman–Crippen LogP) is 2.03. The van der Waals surface area contributed by atoms with E-state index in [1.807, 2.05) is 25.1 Å². The number of nitrogens with zero attached hydrogens (tertiary/aromatic N) is 2. The van der Waals surface area contributed by atoms with E-state index < -0.39 is 0 Å². The maximum absolute atomic E-state index is 5.68. The summed E-state index contributed by atoms with van der Waals surface area (Å²) in [5, 5.41) is 3.87. The van der Waals surface area contributed by atoms with Gasteiger partial charge in [0.1, 0.15) is 6.10 Å². The van der Waals surface area contributed by atoms with Gasteiger partial charge in [0.05, 0.1) is 0 Å². The fourth-order valence-electron chi connectivity index (χ4n) is 1.30. The van der Waals surface area contributed by atoms with E-state index in [0.29, 0.717) is 17.4 Å². The Balaban J connectivity index is 2.31. The van der Waals surface area contributed by atoms with Crippen LogP contribution in [0, 0.1) is 0 Å². The summed E-state index contributed by atoms with van der Waals surface area (Å²) < 4.78 is 10.2. The van der Waals surface area contributed by atoms with Crippen LogP contribution in [0.4, 0.5) is 5.69 Å². The molecule has 0 fully saturated rings. The van der Waals surface area contributed by atoms with Gasteiger partial charge in [0.25, 0.3) is 5.89 Å². The Kier molecular flexibility index (Phi) is 2.87. The summed E-state index contributed by atoms with van der Waals surface area (Å²) in [5.74, 6) is 0.978. The first-order valence-electron chi connectivity index (χ1n) is 4.93. The molecular weight excluding hydrogens is 206 g/mol. The van der Waals surface area contributed by atoms with E-state index in [1.165, 1.54) is 0 Å². The van der Waals surface area contributed by atoms with Crippen LogP contribution < -0.4 is 5.73 Å². The molecule has 1 aromatic heterocycles. The highest BCUT2D eigenvalue weighted by Gasteiger charge is 2.14. The summed E-state index contributed by atoms with van der Waals surface area (Å²) in [5.41, 5.74) is 7.18. The molecule has 5 nitrogen and oxygen atoms in total. The highest BCUT2D eigenvalue weighted by Crippen LogP contribution is 2.21. The molecule has 5 heteroatoms. The Morgan fingerprint density at radius 3 is 2.94 bits per heavy atom. The van der Waals surface area contributed by atoms with Crippen LogP contribution in [0.25, 0.3) is 11.4 Å². The lowest BCUT2D eigenvalue weighted by Crippen LogP contribution is -1.95. The maximum Gasteiger partial charge on any atom is 0.255 e. The molecule has 2 rings (SSSR count). The Labute approximate surface area is 93.2 Å². The Morgan fingerprint density at radius 1 is 1.44 bits per heavy atom. The van der Waals surface area contributed by atoms with Crippen molar-refractivity contribution in [1.82, 2.24) is 10.1 Å². The van der Waals surface area contributed by atoms with E-state index in [2.05, 4.69) is 10.1 Å². The summed E-state index contributed by atoms with van der Waals surface area (Å²) in [6.07, 6.45) is -0.206. The van der Waals surface area contributed by atoms with Crippen molar-refractivity contribution in [2.75, 3.05) is 12.8 Å². The minimum atomic E-state index is -0.206. The van der Waals surface area contributed by atoms with Crippen molar-refractivity contribution >= 4 is 5.69 Å². The third-order valence-electron chi connectivity index (χ3n) is 2.29. The molecule has 2 N–H and O–H groups in total. The number of hydrogen-bond donors (Lipinski definition) is 1. The average Bonchev–Trinajstić information content (AvgIpc) is 2.77. The van der Waals surface area contributed by atoms with Gasteiger partial charge >= 0.3 is 0 Å². The Bertz CT molecular complexity index is 482. The summed E-state index contributed by atoms with van der Waals surface area (Å²) in [6, 6.07) is 7.33. The van der Waals surface area contributed by atoms with Crippen molar-refractivity contribution in [1.29, 1.82) is 0 Å². The van der Waals surface area contributed by atoms with Crippen molar-refractivity contribution in [2.45, 2.75) is 13.0 Å². The standard InChI is InChI=1S/C11H13N3O2/c1-7(15-2)11-13-10(14-16-11)8-4-3-5-9(12)6-8/h3-7H,12H2,1-2H3. The second kappa shape index (κ2) is 4.32. The van der Waals surface area contributed by atoms with Gasteiger partial charge in [0, 0.05) is 18.4 Å². The quantitative estimate of drug-likeness (QED) is 0.799. The number of nitrogens with two attached hydrogens (primary N) is 1. The van der Waals surface area contributed by atoms with Gasteiger partial charge in [-0.3, -0.25) is 0 Å². The number of benzene rings is 1. The van der Waals surface area contributed by atoms with Gasteiger partial charge in [-0.2, -0.15) is 4.98 Å². The minimum Gasteiger partial charge on any atom is -0.399 e. The lowest BCUT2D eigenvalue weighted by atomic mass is 10.2. The van der Waals surface area contributed by atoms with Crippen molar-refractivity contribution < 1.29 is 9.26 Å². The molecule has 0 aliphatic rings. The van der Waals surface area contributed by atoms with Gasteiger partial charge in [0.2, 0.25) is 5.82 Å². The van der Waals surface area contributed by atoms with Crippen LogP contribution in [0.2, 0.25) is 0 Å². The zero-order valence-corrected chi connectivity index (χ0v) is 9.18. The number of aromatic nitrogens is 2. The Hall–Kier alpha value is -1.88. The fraction of sp³-hybridized carbons (Fsp3) is 0.273. The summed E-state index contributed by atoms with van der Waals surface area (Å²) in [7, 11) is 1.59. The average molecular weight is 219 g/mol. The zero-order valence-electron chi connectivity index (χ0n) is 9.18. The summed E-state index contributed by atoms with van der Waals surface area (Å²) in [6.45, 7) is 1.84. The summed E-state index contributed by atoms with van der Waals surface area (Å²) >= 11 is 0. The van der Waals surface area contributed by atoms with Crippen LogP contribution in [0.5, 0.6) is 0 Å². The monoisotopic (exact) mass is 219 g/mol. The predicted molar refractivity (Wildman–Crippen MR) is 59.6 cm³/mol. The number of hydrogen-bond acceptors (Lipinski definition) is 5. The van der Waals surface area contributed by atoms with Gasteiger partial charge < -0.3 is 15.0 Å². The maximum atomic E-state index is 5.68. The Morgan fingerprint density at radius 2 is 2.25 bits per heavy atom. The van der Waals surface area contributed by atoms with Crippen LogP contribution in [0.3, 0.4) is 0 Å². The van der Waals surface area contributed by atoms with Gasteiger partial charge in [-0.1, -0.05) is 17.3 Å². The third-order valence-corrected chi connectivity index (χ3v) is 2.29. The molecule has 1 unspecified atom stereocenters. The van der Waals surface area contributed by atoms with Crippen molar-refractivity contribution in [3.8, 4) is 11.4 Å². The molecule has 0 amide bonds. The highest BCUT2D eigenvalue weighted by atomic mass is 16.5. The second-order valence-corrected chi connectivity index (χ2v) is 3.46. The molecule has 16 heavy (non-hydrogen) atoms. The number of anilines is 1. The van der Waals surface area contributed by atoms with Crippen LogP contribution >= 0.6 is 0 Å². The lowest BCUT2D eigenvalue weighted by Gasteiger charge is -2.00. The van der Waals surface area contributed by atoms with Crippen LogP contribution in [0.1, 0.15) is 18.9 Å². The van der Waals surface area contributed by atoms with E-state index >= 15 is 0 Å². The molecule has 0 aliphatic heterocycles. The minimum absolute atomic E-state index is 0.206. The first-order valence-corrected chi connectivity index (χ1v) is 4.93. The third kappa shape index (κ3) is 2.04. The molecule has 2 aromatic rings. The summed E-state index contributed by atoms with van der Waals surface area (Å²) in [4.78, 5) is 4.23. The number of nitrogen functional groups attached to an aromatic ring is 1. The molecule has 1 atom stereocenters. The van der Waals surface area contributed by atoms with E-state index in [9.17, 15) is 0 Å². The molecule has 84 valence electrons. The fourth-order valence-corrected chi connectivity index (χ4v) is 1.30. The molecule has 1 heterocycles. The second-order valence-electron chi connectivity index (χ2n) is 3.46.